The van der Waals surface area contributed by atoms with Crippen molar-refractivity contribution in [3.05, 3.63) is 39.9 Å². The highest BCUT2D eigenvalue weighted by Gasteiger charge is 2.18. The number of nitrogens with zero attached hydrogens (tertiary/aromatic N) is 3. The summed E-state index contributed by atoms with van der Waals surface area (Å²) in [6, 6.07) is 6.48. The molecule has 1 fully saturated rings. The minimum atomic E-state index is -0.406. The molecule has 2 rings (SSSR count). The van der Waals surface area contributed by atoms with Crippen molar-refractivity contribution in [3.8, 4) is 0 Å². The molecule has 1 heterocycles. The Balaban J connectivity index is 0.00000338. The maximum Gasteiger partial charge on any atom is 0.269 e. The van der Waals surface area contributed by atoms with E-state index in [0.29, 0.717) is 25.5 Å². The van der Waals surface area contributed by atoms with E-state index < -0.39 is 4.92 Å². The maximum atomic E-state index is 11.6. The average Bonchev–Trinajstić information content (AvgIpc) is 3.01. The molecule has 144 valence electrons. The Morgan fingerprint density at radius 3 is 2.85 bits per heavy atom. The lowest BCUT2D eigenvalue weighted by Crippen LogP contribution is -2.39. The first-order valence-corrected chi connectivity index (χ1v) is 8.63. The molecule has 0 bridgehead atoms. The number of aliphatic imine (C=N–C) groups is 1. The Kier molecular flexibility index (Phi) is 9.92. The molecule has 8 nitrogen and oxygen atoms in total. The summed E-state index contributed by atoms with van der Waals surface area (Å²) in [6.07, 6.45) is 2.48. The number of rotatable bonds is 8. The topological polar surface area (TPSA) is 99.9 Å². The van der Waals surface area contributed by atoms with Gasteiger partial charge in [-0.15, -0.1) is 24.0 Å². The lowest BCUT2D eigenvalue weighted by Gasteiger charge is -2.16. The summed E-state index contributed by atoms with van der Waals surface area (Å²) in [5.74, 6) is 0.910. The first-order chi connectivity index (χ1) is 12.1. The van der Waals surface area contributed by atoms with Crippen LogP contribution in [0.15, 0.2) is 29.3 Å². The summed E-state index contributed by atoms with van der Waals surface area (Å²) in [7, 11) is 0. The molecule has 9 heteroatoms. The van der Waals surface area contributed by atoms with Crippen molar-refractivity contribution < 1.29 is 9.72 Å². The molecule has 0 spiro atoms. The number of nitro benzene ring substituents is 1. The van der Waals surface area contributed by atoms with Gasteiger partial charge in [-0.2, -0.15) is 0 Å². The maximum absolute atomic E-state index is 11.6. The van der Waals surface area contributed by atoms with Crippen LogP contribution >= 0.6 is 24.0 Å². The van der Waals surface area contributed by atoms with Crippen LogP contribution in [0.1, 0.15) is 31.7 Å². The van der Waals surface area contributed by atoms with Gasteiger partial charge in [0.05, 0.1) is 11.5 Å². The lowest BCUT2D eigenvalue weighted by molar-refractivity contribution is -0.384. The zero-order valence-corrected chi connectivity index (χ0v) is 17.3. The van der Waals surface area contributed by atoms with E-state index in [4.69, 9.17) is 0 Å². The SMILES string of the molecule is CCNC(=NCc1cccc([N+](=O)[O-])c1)NCCCN1CCCC1=O.I. The van der Waals surface area contributed by atoms with Gasteiger partial charge in [-0.3, -0.25) is 14.9 Å². The number of guanidine groups is 1. The molecule has 26 heavy (non-hydrogen) atoms. The van der Waals surface area contributed by atoms with E-state index in [1.165, 1.54) is 12.1 Å². The monoisotopic (exact) mass is 475 g/mol. The van der Waals surface area contributed by atoms with Gasteiger partial charge in [0, 0.05) is 44.7 Å². The fourth-order valence-electron chi connectivity index (χ4n) is 2.70. The van der Waals surface area contributed by atoms with Crippen LogP contribution in [0.4, 0.5) is 5.69 Å². The minimum Gasteiger partial charge on any atom is -0.357 e. The van der Waals surface area contributed by atoms with Crippen LogP contribution in [-0.2, 0) is 11.3 Å². The number of carbonyl (C=O) groups excluding carboxylic acids is 1. The number of benzene rings is 1. The second-order valence-electron chi connectivity index (χ2n) is 5.89. The summed E-state index contributed by atoms with van der Waals surface area (Å²) in [5.41, 5.74) is 0.856. The summed E-state index contributed by atoms with van der Waals surface area (Å²) < 4.78 is 0. The highest BCUT2D eigenvalue weighted by Crippen LogP contribution is 2.13. The Morgan fingerprint density at radius 1 is 1.38 bits per heavy atom. The number of nitro groups is 1. The summed E-state index contributed by atoms with van der Waals surface area (Å²) in [5, 5.41) is 17.2. The third-order valence-corrected chi connectivity index (χ3v) is 3.95. The second-order valence-corrected chi connectivity index (χ2v) is 5.89. The molecule has 0 saturated carbocycles. The third kappa shape index (κ3) is 7.14. The summed E-state index contributed by atoms with van der Waals surface area (Å²) >= 11 is 0. The summed E-state index contributed by atoms with van der Waals surface area (Å²) in [4.78, 5) is 28.3. The number of nitrogens with one attached hydrogen (secondary N) is 2. The van der Waals surface area contributed by atoms with Crippen LogP contribution in [0.5, 0.6) is 0 Å². The van der Waals surface area contributed by atoms with Crippen molar-refractivity contribution in [2.75, 3.05) is 26.2 Å². The molecule has 0 unspecified atom stereocenters. The number of halogens is 1. The molecule has 1 saturated heterocycles. The molecule has 0 radical (unpaired) electrons. The third-order valence-electron chi connectivity index (χ3n) is 3.95. The average molecular weight is 475 g/mol. The Morgan fingerprint density at radius 2 is 2.19 bits per heavy atom. The Labute approximate surface area is 170 Å². The summed E-state index contributed by atoms with van der Waals surface area (Å²) in [6.45, 7) is 5.40. The fraction of sp³-hybridized carbons (Fsp3) is 0.529. The number of non-ortho nitro benzene ring substituents is 1. The van der Waals surface area contributed by atoms with E-state index >= 15 is 0 Å². The molecule has 1 aromatic rings. The van der Waals surface area contributed by atoms with Crippen LogP contribution in [0, 0.1) is 10.1 Å². The molecule has 1 aliphatic rings. The fourth-order valence-corrected chi connectivity index (χ4v) is 2.70. The van der Waals surface area contributed by atoms with Crippen molar-refractivity contribution in [1.29, 1.82) is 0 Å². The van der Waals surface area contributed by atoms with Crippen molar-refractivity contribution in [2.24, 2.45) is 4.99 Å². The van der Waals surface area contributed by atoms with Crippen LogP contribution in [0.25, 0.3) is 0 Å². The standard InChI is InChI=1S/C17H25N5O3.HI/c1-2-18-17(19-9-5-11-21-10-4-8-16(21)23)20-13-14-6-3-7-15(12-14)22(24)25;/h3,6-7,12H,2,4-5,8-11,13H2,1H3,(H2,18,19,20);1H. The van der Waals surface area contributed by atoms with Crippen LogP contribution in [-0.4, -0.2) is 47.9 Å². The molecular formula is C17H26IN5O3. The number of carbonyl (C=O) groups is 1. The molecule has 1 amide bonds. The van der Waals surface area contributed by atoms with Gasteiger partial charge in [0.1, 0.15) is 0 Å². The highest BCUT2D eigenvalue weighted by molar-refractivity contribution is 14.0. The Hall–Kier alpha value is -1.91. The van der Waals surface area contributed by atoms with Crippen molar-refractivity contribution >= 4 is 41.5 Å². The predicted octanol–water partition coefficient (Wildman–Crippen LogP) is 2.28. The van der Waals surface area contributed by atoms with Crippen molar-refractivity contribution in [2.45, 2.75) is 32.7 Å². The number of likely N-dealkylation sites (tertiary alicyclic amines) is 1. The second kappa shape index (κ2) is 11.7. The molecular weight excluding hydrogens is 449 g/mol. The van der Waals surface area contributed by atoms with Gasteiger partial charge in [0.2, 0.25) is 5.91 Å². The highest BCUT2D eigenvalue weighted by atomic mass is 127. The molecule has 1 aromatic carbocycles. The first kappa shape index (κ1) is 22.1. The Bertz CT molecular complexity index is 639. The van der Waals surface area contributed by atoms with Crippen molar-refractivity contribution in [1.82, 2.24) is 15.5 Å². The molecule has 0 atom stereocenters. The zero-order chi connectivity index (χ0) is 18.1. The van der Waals surface area contributed by atoms with E-state index in [2.05, 4.69) is 15.6 Å². The van der Waals surface area contributed by atoms with Gasteiger partial charge < -0.3 is 15.5 Å². The van der Waals surface area contributed by atoms with Gasteiger partial charge >= 0.3 is 0 Å². The van der Waals surface area contributed by atoms with Gasteiger partial charge in [-0.25, -0.2) is 4.99 Å². The van der Waals surface area contributed by atoms with E-state index in [-0.39, 0.29) is 35.6 Å². The van der Waals surface area contributed by atoms with E-state index in [9.17, 15) is 14.9 Å². The van der Waals surface area contributed by atoms with Crippen LogP contribution < -0.4 is 10.6 Å². The van der Waals surface area contributed by atoms with Gasteiger partial charge in [-0.1, -0.05) is 12.1 Å². The minimum absolute atomic E-state index is 0. The number of hydrogen-bond acceptors (Lipinski definition) is 4. The largest absolute Gasteiger partial charge is 0.357 e. The van der Waals surface area contributed by atoms with Crippen LogP contribution in [0.3, 0.4) is 0 Å². The normalized spacial score (nSPS) is 14.1. The molecule has 1 aliphatic heterocycles. The predicted molar refractivity (Wildman–Crippen MR) is 112 cm³/mol. The van der Waals surface area contributed by atoms with Crippen molar-refractivity contribution in [3.63, 3.8) is 0 Å². The molecule has 0 aliphatic carbocycles. The van der Waals surface area contributed by atoms with Gasteiger partial charge in [-0.05, 0) is 25.3 Å². The molecule has 2 N–H and O–H groups in total. The lowest BCUT2D eigenvalue weighted by atomic mass is 10.2. The smallest absolute Gasteiger partial charge is 0.269 e. The van der Waals surface area contributed by atoms with E-state index in [0.717, 1.165) is 38.0 Å². The zero-order valence-electron chi connectivity index (χ0n) is 14.9. The van der Waals surface area contributed by atoms with Gasteiger partial charge in [0.15, 0.2) is 5.96 Å². The molecule has 0 aromatic heterocycles. The quantitative estimate of drug-likeness (QED) is 0.150. The first-order valence-electron chi connectivity index (χ1n) is 8.63. The van der Waals surface area contributed by atoms with Crippen LogP contribution in [0.2, 0.25) is 0 Å². The van der Waals surface area contributed by atoms with E-state index in [1.54, 1.807) is 6.07 Å². The number of amides is 1. The van der Waals surface area contributed by atoms with Gasteiger partial charge in [0.25, 0.3) is 5.69 Å². The van der Waals surface area contributed by atoms with E-state index in [1.807, 2.05) is 17.9 Å². The number of hydrogen-bond donors (Lipinski definition) is 2.